The fourth-order valence-corrected chi connectivity index (χ4v) is 3.69. The van der Waals surface area contributed by atoms with E-state index in [1.165, 1.54) is 0 Å². The van der Waals surface area contributed by atoms with Gasteiger partial charge in [-0.25, -0.2) is 0 Å². The van der Waals surface area contributed by atoms with E-state index in [4.69, 9.17) is 0 Å². The second kappa shape index (κ2) is 8.12. The lowest BCUT2D eigenvalue weighted by molar-refractivity contribution is -0.369. The summed E-state index contributed by atoms with van der Waals surface area (Å²) in [7, 11) is 0. The van der Waals surface area contributed by atoms with Crippen molar-refractivity contribution in [2.45, 2.75) is 59.5 Å². The zero-order valence-electron chi connectivity index (χ0n) is 18.2. The molecular weight excluding hydrogens is 626 g/mol. The van der Waals surface area contributed by atoms with Gasteiger partial charge >= 0.3 is 59.5 Å². The summed E-state index contributed by atoms with van der Waals surface area (Å²) in [6.07, 6.45) is -13.2. The molecule has 0 aromatic carbocycles. The number of hydrogen-bond donors (Lipinski definition) is 0. The number of piperazine rings is 1. The van der Waals surface area contributed by atoms with Crippen molar-refractivity contribution in [1.29, 1.82) is 0 Å². The van der Waals surface area contributed by atoms with Gasteiger partial charge in [-0.15, -0.1) is 0 Å². The predicted molar refractivity (Wildman–Crippen MR) is 82.6 cm³/mol. The van der Waals surface area contributed by atoms with Gasteiger partial charge in [0.25, 0.3) is 11.8 Å². The van der Waals surface area contributed by atoms with Crippen LogP contribution >= 0.6 is 0 Å². The largest absolute Gasteiger partial charge is 0.428 e. The summed E-state index contributed by atoms with van der Waals surface area (Å²) in [5, 5.41) is 0. The standard InChI is InChI=1S/C16H8F18N2O4/c17-7(18,13(29)9(21,22)11(25,26)15(31,32)39-13)5(37)35-1-2-36(4-3-35)6(38)8(19,20)14(30)10(23,24)12(27,28)16(33,34)40-14/h1-4H2/t13-,14-/m1/s1. The number of carbonyl (C=O) groups excluding carboxylic acids is 2. The summed E-state index contributed by atoms with van der Waals surface area (Å²) >= 11 is 0. The summed E-state index contributed by atoms with van der Waals surface area (Å²) in [5.41, 5.74) is 0. The highest BCUT2D eigenvalue weighted by atomic mass is 19.4. The predicted octanol–water partition coefficient (Wildman–Crippen LogP) is 4.05. The molecule has 2 amide bonds. The van der Waals surface area contributed by atoms with Gasteiger partial charge in [0.2, 0.25) is 0 Å². The summed E-state index contributed by atoms with van der Waals surface area (Å²) in [6.45, 7) is -6.75. The van der Waals surface area contributed by atoms with Gasteiger partial charge < -0.3 is 9.80 Å². The lowest BCUT2D eigenvalue weighted by atomic mass is 9.98. The quantitative estimate of drug-likeness (QED) is 0.439. The number of carbonyl (C=O) groups is 2. The summed E-state index contributed by atoms with van der Waals surface area (Å²) in [4.78, 5) is 22.7. The third-order valence-electron chi connectivity index (χ3n) is 6.06. The molecule has 6 nitrogen and oxygen atoms in total. The molecule has 3 aliphatic heterocycles. The second-order valence-corrected chi connectivity index (χ2v) is 8.46. The minimum Gasteiger partial charge on any atom is -0.334 e. The van der Waals surface area contributed by atoms with Crippen molar-refractivity contribution < 1.29 is 98.1 Å². The van der Waals surface area contributed by atoms with Crippen LogP contribution in [0, 0.1) is 0 Å². The van der Waals surface area contributed by atoms with Gasteiger partial charge in [-0.05, 0) is 0 Å². The molecule has 0 aliphatic carbocycles. The highest BCUT2D eigenvalue weighted by molar-refractivity contribution is 5.87. The average Bonchev–Trinajstić information content (AvgIpc) is 2.97. The molecular formula is C16H8F18N2O4. The van der Waals surface area contributed by atoms with Crippen LogP contribution in [0.25, 0.3) is 0 Å². The Hall–Kier alpha value is -2.40. The summed E-state index contributed by atoms with van der Waals surface area (Å²) in [6, 6.07) is 0. The van der Waals surface area contributed by atoms with Gasteiger partial charge in [0.15, 0.2) is 0 Å². The lowest BCUT2D eigenvalue weighted by Crippen LogP contribution is -2.68. The molecule has 0 bridgehead atoms. The third-order valence-corrected chi connectivity index (χ3v) is 6.06. The zero-order valence-corrected chi connectivity index (χ0v) is 18.2. The van der Waals surface area contributed by atoms with Crippen molar-refractivity contribution in [3.05, 3.63) is 0 Å². The van der Waals surface area contributed by atoms with E-state index in [1.54, 1.807) is 0 Å². The van der Waals surface area contributed by atoms with Gasteiger partial charge in [-0.1, -0.05) is 0 Å². The third kappa shape index (κ3) is 3.42. The van der Waals surface area contributed by atoms with Crippen LogP contribution in [0.3, 0.4) is 0 Å². The second-order valence-electron chi connectivity index (χ2n) is 8.46. The van der Waals surface area contributed by atoms with Gasteiger partial charge in [0.05, 0.1) is 0 Å². The molecule has 232 valence electrons. The Morgan fingerprint density at radius 1 is 0.475 bits per heavy atom. The maximum absolute atomic E-state index is 14.3. The maximum Gasteiger partial charge on any atom is 0.428 e. The van der Waals surface area contributed by atoms with E-state index >= 15 is 0 Å². The molecule has 0 saturated carbocycles. The van der Waals surface area contributed by atoms with Crippen molar-refractivity contribution >= 4 is 11.8 Å². The Morgan fingerprint density at radius 2 is 0.700 bits per heavy atom. The van der Waals surface area contributed by atoms with E-state index in [-0.39, 0.29) is 0 Å². The van der Waals surface area contributed by atoms with E-state index in [0.29, 0.717) is 0 Å². The Kier molecular flexibility index (Phi) is 6.52. The topological polar surface area (TPSA) is 59.1 Å². The highest BCUT2D eigenvalue weighted by Gasteiger charge is 2.97. The first-order valence-electron chi connectivity index (χ1n) is 9.84. The molecule has 2 atom stereocenters. The SMILES string of the molecule is O=C(N1CCN(C(=O)C(F)(F)[C@@]2(F)OC(F)(F)C(F)(F)C2(F)F)CC1)C(F)(F)[C@@]1(F)OC(F)(F)C(F)(F)C1(F)F. The van der Waals surface area contributed by atoms with E-state index in [0.717, 1.165) is 0 Å². The summed E-state index contributed by atoms with van der Waals surface area (Å²) in [5.74, 6) is -61.4. The van der Waals surface area contributed by atoms with E-state index in [2.05, 4.69) is 9.47 Å². The van der Waals surface area contributed by atoms with Crippen molar-refractivity contribution in [2.75, 3.05) is 26.2 Å². The number of halogens is 18. The Labute approximate surface area is 206 Å². The highest BCUT2D eigenvalue weighted by Crippen LogP contribution is 2.66. The summed E-state index contributed by atoms with van der Waals surface area (Å²) < 4.78 is 250. The fraction of sp³-hybridized carbons (Fsp3) is 0.875. The first kappa shape index (κ1) is 32.1. The van der Waals surface area contributed by atoms with Crippen molar-refractivity contribution in [3.63, 3.8) is 0 Å². The lowest BCUT2D eigenvalue weighted by Gasteiger charge is -2.40. The molecule has 24 heteroatoms. The van der Waals surface area contributed by atoms with Crippen molar-refractivity contribution in [1.82, 2.24) is 9.80 Å². The molecule has 3 rings (SSSR count). The smallest absolute Gasteiger partial charge is 0.334 e. The van der Waals surface area contributed by atoms with E-state index in [9.17, 15) is 88.6 Å². The molecule has 3 saturated heterocycles. The molecule has 0 unspecified atom stereocenters. The molecule has 0 radical (unpaired) electrons. The number of nitrogens with zero attached hydrogens (tertiary/aromatic N) is 2. The van der Waals surface area contributed by atoms with Crippen LogP contribution in [0.4, 0.5) is 79.0 Å². The minimum atomic E-state index is -7.09. The van der Waals surface area contributed by atoms with Gasteiger partial charge in [0.1, 0.15) is 0 Å². The van der Waals surface area contributed by atoms with Crippen LogP contribution in [-0.4, -0.2) is 107 Å². The van der Waals surface area contributed by atoms with Crippen molar-refractivity contribution in [3.8, 4) is 0 Å². The van der Waals surface area contributed by atoms with Crippen molar-refractivity contribution in [2.24, 2.45) is 0 Å². The Morgan fingerprint density at radius 3 is 0.875 bits per heavy atom. The molecule has 3 aliphatic rings. The van der Waals surface area contributed by atoms with Crippen LogP contribution in [0.2, 0.25) is 0 Å². The van der Waals surface area contributed by atoms with Gasteiger partial charge in [-0.2, -0.15) is 79.0 Å². The molecule has 0 N–H and O–H groups in total. The first-order valence-corrected chi connectivity index (χ1v) is 9.84. The average molecular weight is 634 g/mol. The molecule has 3 heterocycles. The maximum atomic E-state index is 14.3. The van der Waals surface area contributed by atoms with E-state index in [1.807, 2.05) is 0 Å². The Balaban J connectivity index is 1.81. The molecule has 3 fully saturated rings. The Bertz CT molecular complexity index is 1010. The number of hydrogen-bond acceptors (Lipinski definition) is 4. The fourth-order valence-electron chi connectivity index (χ4n) is 3.69. The van der Waals surface area contributed by atoms with Crippen LogP contribution in [-0.2, 0) is 19.1 Å². The molecule has 0 aromatic rings. The molecule has 40 heavy (non-hydrogen) atoms. The number of ether oxygens (including phenoxy) is 2. The zero-order chi connectivity index (χ0) is 31.6. The molecule has 0 aromatic heterocycles. The van der Waals surface area contributed by atoms with Crippen LogP contribution < -0.4 is 0 Å². The van der Waals surface area contributed by atoms with Crippen LogP contribution in [0.1, 0.15) is 0 Å². The monoisotopic (exact) mass is 634 g/mol. The number of amides is 2. The van der Waals surface area contributed by atoms with E-state index < -0.39 is 107 Å². The number of rotatable bonds is 4. The minimum absolute atomic E-state index is 0.592. The van der Waals surface area contributed by atoms with Crippen LogP contribution in [0.5, 0.6) is 0 Å². The first-order chi connectivity index (χ1) is 17.4. The van der Waals surface area contributed by atoms with Gasteiger partial charge in [-0.3, -0.25) is 19.1 Å². The molecule has 0 spiro atoms. The van der Waals surface area contributed by atoms with Crippen LogP contribution in [0.15, 0.2) is 0 Å². The normalized spacial score (nSPS) is 34.1. The number of alkyl halides is 18. The van der Waals surface area contributed by atoms with Gasteiger partial charge in [0, 0.05) is 26.2 Å².